The summed E-state index contributed by atoms with van der Waals surface area (Å²) in [6, 6.07) is 0. The van der Waals surface area contributed by atoms with Crippen LogP contribution in [-0.4, -0.2) is 59.6 Å². The lowest BCUT2D eigenvalue weighted by molar-refractivity contribution is -0.140. The highest BCUT2D eigenvalue weighted by molar-refractivity contribution is 7.99. The van der Waals surface area contributed by atoms with Crippen molar-refractivity contribution < 1.29 is 14.7 Å². The Balaban J connectivity index is 1.72. The Morgan fingerprint density at radius 3 is 2.47 bits per heavy atom. The first-order valence-corrected chi connectivity index (χ1v) is 7.90. The van der Waals surface area contributed by atoms with Gasteiger partial charge in [-0.3, -0.25) is 14.5 Å². The number of carboxylic acid groups (broad SMARTS) is 1. The second kappa shape index (κ2) is 5.71. The molecule has 0 spiro atoms. The lowest BCUT2D eigenvalue weighted by Gasteiger charge is -2.26. The predicted molar refractivity (Wildman–Crippen MR) is 75.2 cm³/mol. The van der Waals surface area contributed by atoms with Crippen molar-refractivity contribution in [2.45, 2.75) is 13.8 Å². The molecule has 2 fully saturated rings. The first-order chi connectivity index (χ1) is 8.94. The number of carboxylic acids is 1. The molecule has 0 radical (unpaired) electrons. The van der Waals surface area contributed by atoms with E-state index < -0.39 is 17.3 Å². The van der Waals surface area contributed by atoms with Gasteiger partial charge in [0.05, 0.1) is 11.8 Å². The summed E-state index contributed by atoms with van der Waals surface area (Å²) in [4.78, 5) is 25.3. The summed E-state index contributed by atoms with van der Waals surface area (Å²) in [7, 11) is 0. The van der Waals surface area contributed by atoms with Crippen molar-refractivity contribution in [2.75, 3.05) is 37.7 Å². The van der Waals surface area contributed by atoms with E-state index in [4.69, 9.17) is 5.11 Å². The molecule has 1 aliphatic heterocycles. The normalized spacial score (nSPS) is 29.8. The van der Waals surface area contributed by atoms with Crippen LogP contribution < -0.4 is 5.32 Å². The molecule has 0 aromatic rings. The molecule has 2 N–H and O–H groups in total. The highest BCUT2D eigenvalue weighted by Crippen LogP contribution is 2.58. The van der Waals surface area contributed by atoms with Gasteiger partial charge in [0.1, 0.15) is 0 Å². The number of aliphatic carboxylic acids is 1. The van der Waals surface area contributed by atoms with E-state index in [2.05, 4.69) is 10.2 Å². The molecule has 1 amide bonds. The molecule has 2 atom stereocenters. The number of hydrogen-bond donors (Lipinski definition) is 2. The maximum atomic E-state index is 12.0. The van der Waals surface area contributed by atoms with E-state index in [1.165, 1.54) is 0 Å². The van der Waals surface area contributed by atoms with Crippen LogP contribution in [0.2, 0.25) is 0 Å². The molecular weight excluding hydrogens is 264 g/mol. The van der Waals surface area contributed by atoms with E-state index in [0.29, 0.717) is 6.54 Å². The minimum atomic E-state index is -0.863. The minimum Gasteiger partial charge on any atom is -0.481 e. The summed E-state index contributed by atoms with van der Waals surface area (Å²) in [5.74, 6) is 0.442. The number of hydrogen-bond acceptors (Lipinski definition) is 4. The largest absolute Gasteiger partial charge is 0.481 e. The Hall–Kier alpha value is -0.750. The SMILES string of the molecule is CC1(C)[C@H](C(=O)O)[C@@H]1C(=O)NCCN1CCSCC1. The molecule has 5 nitrogen and oxygen atoms in total. The fourth-order valence-corrected chi connectivity index (χ4v) is 3.84. The monoisotopic (exact) mass is 286 g/mol. The molecule has 2 rings (SSSR count). The van der Waals surface area contributed by atoms with Gasteiger partial charge in [0.25, 0.3) is 0 Å². The quantitative estimate of drug-likeness (QED) is 0.770. The second-order valence-electron chi connectivity index (χ2n) is 5.86. The Bertz CT molecular complexity index is 367. The first kappa shape index (κ1) is 14.7. The van der Waals surface area contributed by atoms with E-state index in [1.54, 1.807) is 0 Å². The maximum absolute atomic E-state index is 12.0. The van der Waals surface area contributed by atoms with E-state index in [0.717, 1.165) is 31.1 Å². The van der Waals surface area contributed by atoms with E-state index in [1.807, 2.05) is 25.6 Å². The first-order valence-electron chi connectivity index (χ1n) is 6.75. The minimum absolute atomic E-state index is 0.108. The molecule has 2 aliphatic rings. The number of rotatable bonds is 5. The number of thioether (sulfide) groups is 1. The molecular formula is C13H22N2O3S. The van der Waals surface area contributed by atoms with Crippen LogP contribution in [0.3, 0.4) is 0 Å². The van der Waals surface area contributed by atoms with Gasteiger partial charge in [0.2, 0.25) is 5.91 Å². The van der Waals surface area contributed by atoms with E-state index in [-0.39, 0.29) is 11.8 Å². The fourth-order valence-electron chi connectivity index (χ4n) is 2.86. The molecule has 0 unspecified atom stereocenters. The summed E-state index contributed by atoms with van der Waals surface area (Å²) in [6.45, 7) is 7.32. The van der Waals surface area contributed by atoms with Gasteiger partial charge in [0.15, 0.2) is 0 Å². The van der Waals surface area contributed by atoms with Crippen LogP contribution in [0, 0.1) is 17.3 Å². The molecule has 6 heteroatoms. The molecule has 0 aromatic heterocycles. The molecule has 0 aromatic carbocycles. The zero-order chi connectivity index (χ0) is 14.0. The summed E-state index contributed by atoms with van der Waals surface area (Å²) in [6.07, 6.45) is 0. The van der Waals surface area contributed by atoms with Crippen molar-refractivity contribution in [3.63, 3.8) is 0 Å². The van der Waals surface area contributed by atoms with Crippen molar-refractivity contribution in [3.05, 3.63) is 0 Å². The summed E-state index contributed by atoms with van der Waals surface area (Å²) in [5, 5.41) is 11.9. The topological polar surface area (TPSA) is 69.6 Å². The Morgan fingerprint density at radius 1 is 1.32 bits per heavy atom. The Kier molecular flexibility index (Phi) is 4.40. The van der Waals surface area contributed by atoms with Gasteiger partial charge < -0.3 is 10.4 Å². The third-order valence-electron chi connectivity index (χ3n) is 4.21. The lowest BCUT2D eigenvalue weighted by Crippen LogP contribution is -2.40. The summed E-state index contributed by atoms with van der Waals surface area (Å²) in [5.41, 5.74) is -0.405. The van der Waals surface area contributed by atoms with Crippen molar-refractivity contribution in [3.8, 4) is 0 Å². The lowest BCUT2D eigenvalue weighted by atomic mass is 10.1. The smallest absolute Gasteiger partial charge is 0.307 e. The van der Waals surface area contributed by atoms with Gasteiger partial charge in [-0.2, -0.15) is 11.8 Å². The number of amides is 1. The molecule has 1 saturated carbocycles. The van der Waals surface area contributed by atoms with Gasteiger partial charge >= 0.3 is 5.97 Å². The zero-order valence-electron chi connectivity index (χ0n) is 11.5. The zero-order valence-corrected chi connectivity index (χ0v) is 12.3. The van der Waals surface area contributed by atoms with Crippen molar-refractivity contribution in [2.24, 2.45) is 17.3 Å². The third kappa shape index (κ3) is 3.23. The Morgan fingerprint density at radius 2 is 1.95 bits per heavy atom. The number of carbonyl (C=O) groups is 2. The van der Waals surface area contributed by atoms with Gasteiger partial charge in [-0.05, 0) is 5.41 Å². The predicted octanol–water partition coefficient (Wildman–Crippen LogP) is 0.508. The van der Waals surface area contributed by atoms with Crippen LogP contribution in [-0.2, 0) is 9.59 Å². The molecule has 1 saturated heterocycles. The van der Waals surface area contributed by atoms with Gasteiger partial charge in [0, 0.05) is 37.7 Å². The Labute approximate surface area is 118 Å². The van der Waals surface area contributed by atoms with Crippen LogP contribution in [0.15, 0.2) is 0 Å². The van der Waals surface area contributed by atoms with Crippen molar-refractivity contribution >= 4 is 23.6 Å². The number of nitrogens with one attached hydrogen (secondary N) is 1. The molecule has 108 valence electrons. The van der Waals surface area contributed by atoms with Gasteiger partial charge in [-0.25, -0.2) is 0 Å². The average Bonchev–Trinajstić information content (AvgIpc) is 2.94. The molecule has 1 aliphatic carbocycles. The van der Waals surface area contributed by atoms with Crippen molar-refractivity contribution in [1.82, 2.24) is 10.2 Å². The third-order valence-corrected chi connectivity index (χ3v) is 5.15. The van der Waals surface area contributed by atoms with Crippen LogP contribution in [0.1, 0.15) is 13.8 Å². The molecule has 19 heavy (non-hydrogen) atoms. The van der Waals surface area contributed by atoms with Crippen LogP contribution in [0.5, 0.6) is 0 Å². The standard InChI is InChI=1S/C13H22N2O3S/c1-13(2)9(10(13)12(17)18)11(16)14-3-4-15-5-7-19-8-6-15/h9-10H,3-8H2,1-2H3,(H,14,16)(H,17,18)/t9-,10+/m1/s1. The van der Waals surface area contributed by atoms with Gasteiger partial charge in [-0.1, -0.05) is 13.8 Å². The maximum Gasteiger partial charge on any atom is 0.307 e. The van der Waals surface area contributed by atoms with Crippen LogP contribution in [0.4, 0.5) is 0 Å². The van der Waals surface area contributed by atoms with E-state index >= 15 is 0 Å². The van der Waals surface area contributed by atoms with Crippen molar-refractivity contribution in [1.29, 1.82) is 0 Å². The summed E-state index contributed by atoms with van der Waals surface area (Å²) >= 11 is 1.96. The highest BCUT2D eigenvalue weighted by Gasteiger charge is 2.65. The second-order valence-corrected chi connectivity index (χ2v) is 7.08. The summed E-state index contributed by atoms with van der Waals surface area (Å²) < 4.78 is 0. The van der Waals surface area contributed by atoms with Gasteiger partial charge in [-0.15, -0.1) is 0 Å². The molecule has 0 bridgehead atoms. The van der Waals surface area contributed by atoms with E-state index in [9.17, 15) is 9.59 Å². The van der Waals surface area contributed by atoms with Crippen LogP contribution >= 0.6 is 11.8 Å². The fraction of sp³-hybridized carbons (Fsp3) is 0.846. The number of carbonyl (C=O) groups excluding carboxylic acids is 1. The molecule has 1 heterocycles. The average molecular weight is 286 g/mol. The highest BCUT2D eigenvalue weighted by atomic mass is 32.2. The van der Waals surface area contributed by atoms with Crippen LogP contribution in [0.25, 0.3) is 0 Å². The number of nitrogens with zero attached hydrogens (tertiary/aromatic N) is 1.